The number of benzene rings is 1. The Kier molecular flexibility index (Phi) is 7.75. The number of nitrogens with two attached hydrogens (primary N) is 1. The van der Waals surface area contributed by atoms with Gasteiger partial charge in [0, 0.05) is 19.1 Å². The molecule has 192 valence electrons. The van der Waals surface area contributed by atoms with Crippen molar-refractivity contribution >= 4 is 23.1 Å². The molecule has 1 atom stereocenters. The quantitative estimate of drug-likeness (QED) is 0.369. The predicted octanol–water partition coefficient (Wildman–Crippen LogP) is 0.794. The lowest BCUT2D eigenvalue weighted by molar-refractivity contribution is -0.143. The maximum absolute atomic E-state index is 13.9. The van der Waals surface area contributed by atoms with E-state index in [1.807, 2.05) is 4.90 Å². The highest BCUT2D eigenvalue weighted by molar-refractivity contribution is 5.77. The fraction of sp³-hybridized carbons (Fsp3) is 0.423. The Morgan fingerprint density at radius 2 is 2.03 bits per heavy atom. The fourth-order valence-electron chi connectivity index (χ4n) is 4.58. The topological polar surface area (TPSA) is 141 Å². The van der Waals surface area contributed by atoms with Gasteiger partial charge in [0.25, 0.3) is 5.56 Å². The molecule has 0 spiro atoms. The summed E-state index contributed by atoms with van der Waals surface area (Å²) in [5, 5.41) is 9.52. The minimum Gasteiger partial charge on any atom is -0.465 e. The highest BCUT2D eigenvalue weighted by atomic mass is 16.5. The average molecular weight is 504 g/mol. The first-order valence-corrected chi connectivity index (χ1v) is 12.2. The molecule has 1 saturated heterocycles. The zero-order valence-corrected chi connectivity index (χ0v) is 20.9. The Balaban J connectivity index is 2.00. The van der Waals surface area contributed by atoms with E-state index in [0.29, 0.717) is 30.2 Å². The number of ether oxygens (including phenoxy) is 1. The number of carbonyl (C=O) groups is 1. The molecular weight excluding hydrogens is 474 g/mol. The Morgan fingerprint density at radius 1 is 1.24 bits per heavy atom. The third-order valence-electron chi connectivity index (χ3n) is 6.31. The SMILES string of the molecule is CC#CCn1c(N2CCCC(N)C2)nc2c1c(=O)n(Cc1ccccc1C#N)c(=O)n2CC(=O)OCC. The van der Waals surface area contributed by atoms with Crippen molar-refractivity contribution < 1.29 is 9.53 Å². The van der Waals surface area contributed by atoms with Crippen molar-refractivity contribution in [3.63, 3.8) is 0 Å². The van der Waals surface area contributed by atoms with Crippen LogP contribution in [-0.4, -0.2) is 50.4 Å². The molecule has 2 N–H and O–H groups in total. The second-order valence-electron chi connectivity index (χ2n) is 8.78. The van der Waals surface area contributed by atoms with Gasteiger partial charge in [-0.3, -0.25) is 23.3 Å². The van der Waals surface area contributed by atoms with Gasteiger partial charge >= 0.3 is 11.7 Å². The molecule has 0 radical (unpaired) electrons. The number of nitrogens with zero attached hydrogens (tertiary/aromatic N) is 6. The molecule has 11 heteroatoms. The van der Waals surface area contributed by atoms with E-state index in [4.69, 9.17) is 15.5 Å². The zero-order valence-electron chi connectivity index (χ0n) is 20.9. The number of aromatic nitrogens is 4. The van der Waals surface area contributed by atoms with Crippen LogP contribution in [0.3, 0.4) is 0 Å². The third kappa shape index (κ3) is 5.13. The van der Waals surface area contributed by atoms with Gasteiger partial charge in [-0.25, -0.2) is 4.79 Å². The summed E-state index contributed by atoms with van der Waals surface area (Å²) >= 11 is 0. The molecule has 1 fully saturated rings. The molecule has 2 aromatic heterocycles. The largest absolute Gasteiger partial charge is 0.465 e. The third-order valence-corrected chi connectivity index (χ3v) is 6.31. The van der Waals surface area contributed by atoms with Crippen LogP contribution < -0.4 is 21.9 Å². The van der Waals surface area contributed by atoms with E-state index >= 15 is 0 Å². The molecule has 3 aromatic rings. The lowest BCUT2D eigenvalue weighted by atomic mass is 10.1. The van der Waals surface area contributed by atoms with Crippen LogP contribution in [0.15, 0.2) is 33.9 Å². The highest BCUT2D eigenvalue weighted by Crippen LogP contribution is 2.23. The summed E-state index contributed by atoms with van der Waals surface area (Å²) in [6.07, 6.45) is 1.73. The van der Waals surface area contributed by atoms with Crippen molar-refractivity contribution in [3.8, 4) is 17.9 Å². The van der Waals surface area contributed by atoms with E-state index in [0.717, 1.165) is 22.0 Å². The highest BCUT2D eigenvalue weighted by Gasteiger charge is 2.27. The molecule has 37 heavy (non-hydrogen) atoms. The van der Waals surface area contributed by atoms with Crippen molar-refractivity contribution in [2.45, 2.75) is 52.4 Å². The van der Waals surface area contributed by atoms with Gasteiger partial charge in [0.2, 0.25) is 5.95 Å². The van der Waals surface area contributed by atoms with E-state index in [1.54, 1.807) is 42.7 Å². The van der Waals surface area contributed by atoms with Gasteiger partial charge in [-0.05, 0) is 38.3 Å². The van der Waals surface area contributed by atoms with E-state index in [-0.39, 0.29) is 36.9 Å². The molecule has 0 saturated carbocycles. The molecule has 1 aliphatic heterocycles. The predicted molar refractivity (Wildman–Crippen MR) is 138 cm³/mol. The molecule has 11 nitrogen and oxygen atoms in total. The van der Waals surface area contributed by atoms with Crippen molar-refractivity contribution in [2.75, 3.05) is 24.6 Å². The monoisotopic (exact) mass is 503 g/mol. The number of hydrogen-bond acceptors (Lipinski definition) is 8. The number of imidazole rings is 1. The van der Waals surface area contributed by atoms with Crippen LogP contribution in [0.5, 0.6) is 0 Å². The van der Waals surface area contributed by atoms with Gasteiger partial charge in [-0.15, -0.1) is 5.92 Å². The van der Waals surface area contributed by atoms with Crippen LogP contribution in [0, 0.1) is 23.2 Å². The lowest BCUT2D eigenvalue weighted by Gasteiger charge is -2.31. The minimum absolute atomic E-state index is 0.0554. The molecule has 1 aromatic carbocycles. The first-order chi connectivity index (χ1) is 17.9. The van der Waals surface area contributed by atoms with E-state index in [1.165, 1.54) is 0 Å². The lowest BCUT2D eigenvalue weighted by Crippen LogP contribution is -2.44. The van der Waals surface area contributed by atoms with Crippen LogP contribution in [-0.2, 0) is 29.2 Å². The summed E-state index contributed by atoms with van der Waals surface area (Å²) in [5.41, 5.74) is 6.00. The van der Waals surface area contributed by atoms with Crippen molar-refractivity contribution in [3.05, 3.63) is 56.2 Å². The normalized spacial score (nSPS) is 15.2. The van der Waals surface area contributed by atoms with Crippen LogP contribution >= 0.6 is 0 Å². The van der Waals surface area contributed by atoms with Crippen molar-refractivity contribution in [1.29, 1.82) is 5.26 Å². The number of nitriles is 1. The van der Waals surface area contributed by atoms with E-state index in [2.05, 4.69) is 17.9 Å². The number of hydrogen-bond donors (Lipinski definition) is 1. The van der Waals surface area contributed by atoms with Crippen LogP contribution in [0.25, 0.3) is 11.2 Å². The number of carbonyl (C=O) groups excluding carboxylic acids is 1. The van der Waals surface area contributed by atoms with E-state index < -0.39 is 23.8 Å². The standard InChI is InChI=1S/C26H29N7O4/c1-3-5-13-31-22-23(29-25(31)30-12-8-11-20(28)16-30)32(17-21(34)37-4-2)26(36)33(24(22)35)15-19-10-7-6-9-18(19)14-27/h6-7,9-10,20H,4,8,11-13,15-17,28H2,1-2H3. The molecule has 0 bridgehead atoms. The smallest absolute Gasteiger partial charge is 0.333 e. The first kappa shape index (κ1) is 25.7. The second-order valence-corrected chi connectivity index (χ2v) is 8.78. The fourth-order valence-corrected chi connectivity index (χ4v) is 4.58. The summed E-state index contributed by atoms with van der Waals surface area (Å²) in [6.45, 7) is 4.33. The molecule has 0 aliphatic carbocycles. The summed E-state index contributed by atoms with van der Waals surface area (Å²) < 4.78 is 8.96. The molecule has 3 heterocycles. The number of anilines is 1. The number of esters is 1. The van der Waals surface area contributed by atoms with Crippen molar-refractivity contribution in [1.82, 2.24) is 18.7 Å². The molecule has 1 aliphatic rings. The van der Waals surface area contributed by atoms with Crippen molar-refractivity contribution in [2.24, 2.45) is 5.73 Å². The van der Waals surface area contributed by atoms with Crippen LogP contribution in [0.1, 0.15) is 37.8 Å². The Labute approximate surface area is 213 Å². The Morgan fingerprint density at radius 3 is 2.73 bits per heavy atom. The summed E-state index contributed by atoms with van der Waals surface area (Å²) in [6, 6.07) is 8.78. The van der Waals surface area contributed by atoms with Gasteiger partial charge in [0.1, 0.15) is 6.54 Å². The maximum atomic E-state index is 13.9. The van der Waals surface area contributed by atoms with Gasteiger partial charge in [0.05, 0.1) is 31.3 Å². The molecule has 0 amide bonds. The molecule has 4 rings (SSSR count). The number of piperidine rings is 1. The Bertz CT molecular complexity index is 1550. The summed E-state index contributed by atoms with van der Waals surface area (Å²) in [4.78, 5) is 46.7. The minimum atomic E-state index is -0.716. The van der Waals surface area contributed by atoms with Gasteiger partial charge < -0.3 is 15.4 Å². The first-order valence-electron chi connectivity index (χ1n) is 12.2. The zero-order chi connectivity index (χ0) is 26.5. The molecule has 1 unspecified atom stereocenters. The number of rotatable bonds is 7. The number of fused-ring (bicyclic) bond motifs is 1. The van der Waals surface area contributed by atoms with Gasteiger partial charge in [-0.1, -0.05) is 24.1 Å². The maximum Gasteiger partial charge on any atom is 0.333 e. The van der Waals surface area contributed by atoms with Gasteiger partial charge in [-0.2, -0.15) is 10.2 Å². The van der Waals surface area contributed by atoms with Gasteiger partial charge in [0.15, 0.2) is 11.2 Å². The second kappa shape index (κ2) is 11.1. The van der Waals surface area contributed by atoms with Crippen LogP contribution in [0.2, 0.25) is 0 Å². The Hall–Kier alpha value is -4.35. The molecular formula is C26H29N7O4. The van der Waals surface area contributed by atoms with E-state index in [9.17, 15) is 19.6 Å². The summed E-state index contributed by atoms with van der Waals surface area (Å²) in [5.74, 6) is 5.68. The summed E-state index contributed by atoms with van der Waals surface area (Å²) in [7, 11) is 0. The van der Waals surface area contributed by atoms with Crippen LogP contribution in [0.4, 0.5) is 5.95 Å². The average Bonchev–Trinajstić information content (AvgIpc) is 3.27.